The zero-order chi connectivity index (χ0) is 13.8. The molecule has 1 heterocycles. The molecule has 18 heavy (non-hydrogen) atoms. The molecule has 0 radical (unpaired) electrons. The van der Waals surface area contributed by atoms with Crippen LogP contribution in [0.4, 0.5) is 13.2 Å². The second-order valence-electron chi connectivity index (χ2n) is 3.80. The van der Waals surface area contributed by atoms with E-state index in [9.17, 15) is 18.0 Å². The summed E-state index contributed by atoms with van der Waals surface area (Å²) < 4.78 is 40.1. The molecule has 0 aliphatic carbocycles. The first kappa shape index (κ1) is 15.0. The van der Waals surface area contributed by atoms with Gasteiger partial charge in [-0.25, -0.2) is 0 Å². The van der Waals surface area contributed by atoms with Crippen LogP contribution in [0.3, 0.4) is 0 Å². The molecule has 0 saturated carbocycles. The number of alkyl halides is 3. The summed E-state index contributed by atoms with van der Waals surface area (Å²) in [7, 11) is 0. The quantitative estimate of drug-likeness (QED) is 0.901. The topological polar surface area (TPSA) is 38.3 Å². The van der Waals surface area contributed by atoms with Crippen molar-refractivity contribution in [2.75, 3.05) is 6.61 Å². The summed E-state index contributed by atoms with van der Waals surface area (Å²) in [5.41, 5.74) is 0. The van der Waals surface area contributed by atoms with Crippen molar-refractivity contribution in [3.05, 3.63) is 21.9 Å². The minimum Gasteiger partial charge on any atom is -0.359 e. The molecule has 1 aromatic rings. The van der Waals surface area contributed by atoms with E-state index in [4.69, 9.17) is 0 Å². The summed E-state index contributed by atoms with van der Waals surface area (Å²) in [5.74, 6) is -0.551. The number of amides is 1. The minimum atomic E-state index is -4.42. The number of rotatable bonds is 5. The molecule has 0 fully saturated rings. The van der Waals surface area contributed by atoms with E-state index in [1.807, 2.05) is 19.1 Å². The Morgan fingerprint density at radius 2 is 2.17 bits per heavy atom. The van der Waals surface area contributed by atoms with E-state index in [0.717, 1.165) is 9.75 Å². The van der Waals surface area contributed by atoms with Crippen molar-refractivity contribution in [3.8, 4) is 0 Å². The van der Waals surface area contributed by atoms with Crippen LogP contribution in [-0.2, 0) is 16.1 Å². The highest BCUT2D eigenvalue weighted by Crippen LogP contribution is 2.16. The number of hydrogen-bond donors (Lipinski definition) is 1. The van der Waals surface area contributed by atoms with Crippen molar-refractivity contribution >= 4 is 17.2 Å². The Hall–Kier alpha value is -1.08. The second kappa shape index (κ2) is 6.19. The van der Waals surface area contributed by atoms with Gasteiger partial charge in [0.15, 0.2) is 0 Å². The number of nitrogens with one attached hydrogen (secondary N) is 1. The molecule has 1 atom stereocenters. The summed E-state index contributed by atoms with van der Waals surface area (Å²) in [4.78, 5) is 13.5. The Labute approximate surface area is 107 Å². The van der Waals surface area contributed by atoms with Crippen molar-refractivity contribution in [1.29, 1.82) is 0 Å². The smallest absolute Gasteiger partial charge is 0.359 e. The normalized spacial score (nSPS) is 13.4. The Bertz CT molecular complexity index is 403. The number of thiophene rings is 1. The minimum absolute atomic E-state index is 0.303. The fourth-order valence-electron chi connectivity index (χ4n) is 1.19. The zero-order valence-electron chi connectivity index (χ0n) is 10.0. The molecule has 1 amide bonds. The third-order valence-electron chi connectivity index (χ3n) is 2.10. The first-order chi connectivity index (χ1) is 8.28. The van der Waals surface area contributed by atoms with Gasteiger partial charge in [-0.3, -0.25) is 4.79 Å². The first-order valence-electron chi connectivity index (χ1n) is 5.29. The Kier molecular flexibility index (Phi) is 5.15. The molecule has 1 rings (SSSR count). The molecule has 0 aliphatic rings. The van der Waals surface area contributed by atoms with Gasteiger partial charge < -0.3 is 10.1 Å². The molecule has 102 valence electrons. The zero-order valence-corrected chi connectivity index (χ0v) is 10.8. The number of halogens is 3. The fraction of sp³-hybridized carbons (Fsp3) is 0.545. The molecule has 7 heteroatoms. The average Bonchev–Trinajstić information content (AvgIpc) is 2.67. The monoisotopic (exact) mass is 281 g/mol. The van der Waals surface area contributed by atoms with Crippen LogP contribution in [0.25, 0.3) is 0 Å². The summed E-state index contributed by atoms with van der Waals surface area (Å²) in [6.45, 7) is 2.11. The lowest BCUT2D eigenvalue weighted by Crippen LogP contribution is -2.36. The van der Waals surface area contributed by atoms with Crippen LogP contribution in [0.1, 0.15) is 16.7 Å². The summed E-state index contributed by atoms with van der Waals surface area (Å²) in [5, 5.41) is 2.53. The molecular formula is C11H14F3NO2S. The van der Waals surface area contributed by atoms with Gasteiger partial charge in [0.1, 0.15) is 12.7 Å². The van der Waals surface area contributed by atoms with Gasteiger partial charge in [-0.2, -0.15) is 13.2 Å². The fourth-order valence-corrected chi connectivity index (χ4v) is 2.02. The lowest BCUT2D eigenvalue weighted by atomic mass is 10.3. The predicted octanol–water partition coefficient (Wildman–Crippen LogP) is 2.64. The third-order valence-corrected chi connectivity index (χ3v) is 3.10. The van der Waals surface area contributed by atoms with E-state index >= 15 is 0 Å². The molecule has 0 aliphatic heterocycles. The highest BCUT2D eigenvalue weighted by Gasteiger charge is 2.29. The Morgan fingerprint density at radius 3 is 2.67 bits per heavy atom. The van der Waals surface area contributed by atoms with Crippen LogP contribution >= 0.6 is 11.3 Å². The van der Waals surface area contributed by atoms with Gasteiger partial charge >= 0.3 is 6.18 Å². The summed E-state index contributed by atoms with van der Waals surface area (Å²) >= 11 is 1.52. The largest absolute Gasteiger partial charge is 0.411 e. The lowest BCUT2D eigenvalue weighted by Gasteiger charge is -2.14. The molecule has 0 spiro atoms. The predicted molar refractivity (Wildman–Crippen MR) is 62.4 cm³/mol. The number of ether oxygens (including phenoxy) is 1. The van der Waals surface area contributed by atoms with Crippen LogP contribution in [0.5, 0.6) is 0 Å². The molecule has 1 N–H and O–H groups in total. The molecule has 1 aromatic heterocycles. The van der Waals surface area contributed by atoms with Gasteiger partial charge in [-0.05, 0) is 26.0 Å². The third kappa shape index (κ3) is 5.50. The molecule has 0 bridgehead atoms. The Morgan fingerprint density at radius 1 is 1.50 bits per heavy atom. The number of carbonyl (C=O) groups is 1. The van der Waals surface area contributed by atoms with Gasteiger partial charge in [0.2, 0.25) is 5.91 Å². The van der Waals surface area contributed by atoms with E-state index in [1.165, 1.54) is 18.3 Å². The van der Waals surface area contributed by atoms with Gasteiger partial charge in [-0.1, -0.05) is 0 Å². The maximum Gasteiger partial charge on any atom is 0.411 e. The SMILES string of the molecule is Cc1ccc(CNC(=O)[C@@H](C)OCC(F)(F)F)s1. The van der Waals surface area contributed by atoms with E-state index in [2.05, 4.69) is 10.1 Å². The number of aryl methyl sites for hydroxylation is 1. The van der Waals surface area contributed by atoms with Crippen LogP contribution in [0.15, 0.2) is 12.1 Å². The van der Waals surface area contributed by atoms with Crippen molar-refractivity contribution < 1.29 is 22.7 Å². The maximum atomic E-state index is 11.9. The van der Waals surface area contributed by atoms with Gasteiger partial charge in [0.25, 0.3) is 0 Å². The number of hydrogen-bond acceptors (Lipinski definition) is 3. The van der Waals surface area contributed by atoms with E-state index in [-0.39, 0.29) is 0 Å². The van der Waals surface area contributed by atoms with E-state index in [1.54, 1.807) is 0 Å². The molecule has 0 saturated heterocycles. The highest BCUT2D eigenvalue weighted by molar-refractivity contribution is 7.11. The van der Waals surface area contributed by atoms with Gasteiger partial charge in [-0.15, -0.1) is 11.3 Å². The van der Waals surface area contributed by atoms with Crippen molar-refractivity contribution in [2.24, 2.45) is 0 Å². The summed E-state index contributed by atoms with van der Waals surface area (Å²) in [6.07, 6.45) is -5.54. The van der Waals surface area contributed by atoms with E-state index < -0.39 is 24.8 Å². The second-order valence-corrected chi connectivity index (χ2v) is 5.17. The standard InChI is InChI=1S/C11H14F3NO2S/c1-7-3-4-9(18-7)5-15-10(16)8(2)17-6-11(12,13)14/h3-4,8H,5-6H2,1-2H3,(H,15,16)/t8-/m1/s1. The number of carbonyl (C=O) groups excluding carboxylic acids is 1. The van der Waals surface area contributed by atoms with Crippen molar-refractivity contribution in [3.63, 3.8) is 0 Å². The average molecular weight is 281 g/mol. The van der Waals surface area contributed by atoms with Gasteiger partial charge in [0, 0.05) is 9.75 Å². The van der Waals surface area contributed by atoms with Crippen LogP contribution in [0.2, 0.25) is 0 Å². The van der Waals surface area contributed by atoms with Crippen LogP contribution < -0.4 is 5.32 Å². The maximum absolute atomic E-state index is 11.9. The lowest BCUT2D eigenvalue weighted by molar-refractivity contribution is -0.185. The van der Waals surface area contributed by atoms with Crippen LogP contribution in [0, 0.1) is 6.92 Å². The van der Waals surface area contributed by atoms with Gasteiger partial charge in [0.05, 0.1) is 6.54 Å². The van der Waals surface area contributed by atoms with Crippen molar-refractivity contribution in [2.45, 2.75) is 32.7 Å². The molecule has 0 unspecified atom stereocenters. The van der Waals surface area contributed by atoms with Crippen LogP contribution in [-0.4, -0.2) is 24.8 Å². The first-order valence-corrected chi connectivity index (χ1v) is 6.11. The Balaban J connectivity index is 2.32. The highest BCUT2D eigenvalue weighted by atomic mass is 32.1. The molecule has 3 nitrogen and oxygen atoms in total. The van der Waals surface area contributed by atoms with E-state index in [0.29, 0.717) is 6.54 Å². The van der Waals surface area contributed by atoms with Crippen molar-refractivity contribution in [1.82, 2.24) is 5.32 Å². The summed E-state index contributed by atoms with van der Waals surface area (Å²) in [6, 6.07) is 3.78. The molecule has 0 aromatic carbocycles. The molecular weight excluding hydrogens is 267 g/mol.